The molecule has 0 radical (unpaired) electrons. The van der Waals surface area contributed by atoms with Crippen LogP contribution in [-0.4, -0.2) is 37.4 Å². The van der Waals surface area contributed by atoms with E-state index in [2.05, 4.69) is 16.0 Å². The standard InChI is InChI=1S/C22H20N4O3S/c27-20-14-26(12-11-23-20)18-9-7-17(8-10-18)24-21(28)15-3-5-16(6-4-15)25-22(29)19-2-1-13-30-19/h1-10,13H,11-12,14H2,(H,23,27)(H,24,28)(H,25,29). The van der Waals surface area contributed by atoms with Crippen molar-refractivity contribution in [3.63, 3.8) is 0 Å². The smallest absolute Gasteiger partial charge is 0.265 e. The van der Waals surface area contributed by atoms with Crippen LogP contribution in [-0.2, 0) is 4.79 Å². The molecule has 0 spiro atoms. The van der Waals surface area contributed by atoms with Crippen molar-refractivity contribution >= 4 is 46.1 Å². The molecule has 2 aromatic carbocycles. The van der Waals surface area contributed by atoms with E-state index >= 15 is 0 Å². The summed E-state index contributed by atoms with van der Waals surface area (Å²) in [4.78, 5) is 38.7. The molecule has 0 bridgehead atoms. The molecule has 30 heavy (non-hydrogen) atoms. The van der Waals surface area contributed by atoms with Crippen LogP contribution in [0, 0.1) is 0 Å². The van der Waals surface area contributed by atoms with E-state index in [1.54, 1.807) is 30.3 Å². The number of nitrogens with one attached hydrogen (secondary N) is 3. The molecule has 0 saturated carbocycles. The first-order valence-corrected chi connectivity index (χ1v) is 10.3. The van der Waals surface area contributed by atoms with Crippen LogP contribution < -0.4 is 20.9 Å². The molecule has 4 rings (SSSR count). The molecule has 3 amide bonds. The predicted molar refractivity (Wildman–Crippen MR) is 118 cm³/mol. The van der Waals surface area contributed by atoms with Gasteiger partial charge in [-0.2, -0.15) is 0 Å². The van der Waals surface area contributed by atoms with Crippen molar-refractivity contribution in [2.75, 3.05) is 35.2 Å². The summed E-state index contributed by atoms with van der Waals surface area (Å²) >= 11 is 1.37. The topological polar surface area (TPSA) is 90.5 Å². The van der Waals surface area contributed by atoms with Crippen molar-refractivity contribution in [3.8, 4) is 0 Å². The number of carbonyl (C=O) groups is 3. The molecule has 0 unspecified atom stereocenters. The predicted octanol–water partition coefficient (Wildman–Crippen LogP) is 3.19. The van der Waals surface area contributed by atoms with Gasteiger partial charge in [-0.3, -0.25) is 14.4 Å². The third-order valence-electron chi connectivity index (χ3n) is 4.68. The Kier molecular flexibility index (Phi) is 5.76. The van der Waals surface area contributed by atoms with Gasteiger partial charge in [0.15, 0.2) is 0 Å². The minimum Gasteiger partial charge on any atom is -0.360 e. The summed E-state index contributed by atoms with van der Waals surface area (Å²) in [6.45, 7) is 1.72. The zero-order chi connectivity index (χ0) is 20.9. The quantitative estimate of drug-likeness (QED) is 0.591. The van der Waals surface area contributed by atoms with Crippen LogP contribution in [0.3, 0.4) is 0 Å². The Balaban J connectivity index is 1.35. The third-order valence-corrected chi connectivity index (χ3v) is 5.55. The van der Waals surface area contributed by atoms with E-state index in [1.807, 2.05) is 40.6 Å². The maximum atomic E-state index is 12.5. The van der Waals surface area contributed by atoms with E-state index < -0.39 is 0 Å². The molecule has 1 aromatic heterocycles. The second-order valence-electron chi connectivity index (χ2n) is 6.78. The first kappa shape index (κ1) is 19.7. The van der Waals surface area contributed by atoms with E-state index in [9.17, 15) is 14.4 Å². The van der Waals surface area contributed by atoms with Gasteiger partial charge < -0.3 is 20.9 Å². The first-order valence-electron chi connectivity index (χ1n) is 9.46. The average Bonchev–Trinajstić information content (AvgIpc) is 3.30. The molecule has 0 aliphatic carbocycles. The fourth-order valence-corrected chi connectivity index (χ4v) is 3.74. The summed E-state index contributed by atoms with van der Waals surface area (Å²) in [5, 5.41) is 10.3. The molecular weight excluding hydrogens is 400 g/mol. The summed E-state index contributed by atoms with van der Waals surface area (Å²) in [6, 6.07) is 17.7. The van der Waals surface area contributed by atoms with Crippen LogP contribution >= 0.6 is 11.3 Å². The number of anilines is 3. The monoisotopic (exact) mass is 420 g/mol. The minimum absolute atomic E-state index is 0.00801. The summed E-state index contributed by atoms with van der Waals surface area (Å²) in [5.41, 5.74) is 2.72. The molecule has 1 aliphatic rings. The normalized spacial score (nSPS) is 13.5. The largest absolute Gasteiger partial charge is 0.360 e. The van der Waals surface area contributed by atoms with Gasteiger partial charge in [0.25, 0.3) is 11.8 Å². The van der Waals surface area contributed by atoms with E-state index in [-0.39, 0.29) is 17.7 Å². The van der Waals surface area contributed by atoms with Crippen molar-refractivity contribution < 1.29 is 14.4 Å². The van der Waals surface area contributed by atoms with Gasteiger partial charge in [-0.05, 0) is 60.0 Å². The van der Waals surface area contributed by atoms with Crippen molar-refractivity contribution in [3.05, 3.63) is 76.5 Å². The number of rotatable bonds is 5. The molecule has 0 atom stereocenters. The van der Waals surface area contributed by atoms with Crippen LogP contribution in [0.15, 0.2) is 66.0 Å². The van der Waals surface area contributed by atoms with E-state index in [4.69, 9.17) is 0 Å². The molecule has 1 saturated heterocycles. The number of hydrogen-bond donors (Lipinski definition) is 3. The fraction of sp³-hybridized carbons (Fsp3) is 0.136. The van der Waals surface area contributed by atoms with Crippen molar-refractivity contribution in [2.24, 2.45) is 0 Å². The second-order valence-corrected chi connectivity index (χ2v) is 7.73. The molecule has 152 valence electrons. The summed E-state index contributed by atoms with van der Waals surface area (Å²) in [6.07, 6.45) is 0. The van der Waals surface area contributed by atoms with Crippen LogP contribution in [0.25, 0.3) is 0 Å². The van der Waals surface area contributed by atoms with Gasteiger partial charge in [0.2, 0.25) is 5.91 Å². The Morgan fingerprint density at radius 3 is 2.20 bits per heavy atom. The maximum absolute atomic E-state index is 12.5. The number of thiophene rings is 1. The van der Waals surface area contributed by atoms with Crippen molar-refractivity contribution in [1.82, 2.24) is 5.32 Å². The summed E-state index contributed by atoms with van der Waals surface area (Å²) in [5.74, 6) is -0.404. The lowest BCUT2D eigenvalue weighted by atomic mass is 10.1. The highest BCUT2D eigenvalue weighted by atomic mass is 32.1. The SMILES string of the molecule is O=C1CN(c2ccc(NC(=O)c3ccc(NC(=O)c4cccs4)cc3)cc2)CCN1. The van der Waals surface area contributed by atoms with Gasteiger partial charge in [-0.15, -0.1) is 11.3 Å². The Bertz CT molecular complexity index is 1050. The van der Waals surface area contributed by atoms with Gasteiger partial charge in [0.1, 0.15) is 0 Å². The van der Waals surface area contributed by atoms with Gasteiger partial charge >= 0.3 is 0 Å². The molecule has 1 aliphatic heterocycles. The van der Waals surface area contributed by atoms with Crippen molar-refractivity contribution in [2.45, 2.75) is 0 Å². The number of amides is 3. The Hall–Kier alpha value is -3.65. The lowest BCUT2D eigenvalue weighted by molar-refractivity contribution is -0.120. The Morgan fingerprint density at radius 2 is 1.57 bits per heavy atom. The van der Waals surface area contributed by atoms with Crippen molar-refractivity contribution in [1.29, 1.82) is 0 Å². The fourth-order valence-electron chi connectivity index (χ4n) is 3.12. The molecule has 2 heterocycles. The molecule has 3 aromatic rings. The van der Waals surface area contributed by atoms with Crippen LogP contribution in [0.4, 0.5) is 17.1 Å². The van der Waals surface area contributed by atoms with Crippen LogP contribution in [0.2, 0.25) is 0 Å². The van der Waals surface area contributed by atoms with Gasteiger partial charge in [0.05, 0.1) is 11.4 Å². The molecule has 3 N–H and O–H groups in total. The lowest BCUT2D eigenvalue weighted by Gasteiger charge is -2.28. The highest BCUT2D eigenvalue weighted by Crippen LogP contribution is 2.20. The number of hydrogen-bond acceptors (Lipinski definition) is 5. The zero-order valence-electron chi connectivity index (χ0n) is 16.1. The molecular formula is C22H20N4O3S. The summed E-state index contributed by atoms with van der Waals surface area (Å²) in [7, 11) is 0. The maximum Gasteiger partial charge on any atom is 0.265 e. The Labute approximate surface area is 177 Å². The van der Waals surface area contributed by atoms with E-state index in [1.165, 1.54) is 11.3 Å². The minimum atomic E-state index is -0.240. The number of nitrogens with zero attached hydrogens (tertiary/aromatic N) is 1. The highest BCUT2D eigenvalue weighted by molar-refractivity contribution is 7.12. The zero-order valence-corrected chi connectivity index (χ0v) is 16.9. The van der Waals surface area contributed by atoms with Gasteiger partial charge in [0, 0.05) is 35.7 Å². The van der Waals surface area contributed by atoms with Gasteiger partial charge in [-0.1, -0.05) is 6.07 Å². The first-order chi connectivity index (χ1) is 14.6. The molecule has 1 fully saturated rings. The summed E-state index contributed by atoms with van der Waals surface area (Å²) < 4.78 is 0. The van der Waals surface area contributed by atoms with Crippen LogP contribution in [0.1, 0.15) is 20.0 Å². The lowest BCUT2D eigenvalue weighted by Crippen LogP contribution is -2.47. The number of piperazine rings is 1. The van der Waals surface area contributed by atoms with Crippen LogP contribution in [0.5, 0.6) is 0 Å². The Morgan fingerprint density at radius 1 is 0.900 bits per heavy atom. The highest BCUT2D eigenvalue weighted by Gasteiger charge is 2.16. The second kappa shape index (κ2) is 8.79. The third kappa shape index (κ3) is 4.66. The van der Waals surface area contributed by atoms with E-state index in [0.29, 0.717) is 34.9 Å². The van der Waals surface area contributed by atoms with Gasteiger partial charge in [-0.25, -0.2) is 0 Å². The number of benzene rings is 2. The molecule has 8 heteroatoms. The average molecular weight is 420 g/mol. The van der Waals surface area contributed by atoms with E-state index in [0.717, 1.165) is 12.2 Å². The number of carbonyl (C=O) groups excluding carboxylic acids is 3. The molecule has 7 nitrogen and oxygen atoms in total.